The van der Waals surface area contributed by atoms with Gasteiger partial charge in [0.25, 0.3) is 5.91 Å². The zero-order valence-corrected chi connectivity index (χ0v) is 16.8. The minimum Gasteiger partial charge on any atom is -0.348 e. The fourth-order valence-corrected chi connectivity index (χ4v) is 3.86. The zero-order chi connectivity index (χ0) is 19.6. The van der Waals surface area contributed by atoms with E-state index in [0.29, 0.717) is 12.5 Å². The van der Waals surface area contributed by atoms with Gasteiger partial charge < -0.3 is 10.2 Å². The third-order valence-electron chi connectivity index (χ3n) is 4.91. The van der Waals surface area contributed by atoms with Gasteiger partial charge in [-0.05, 0) is 62.1 Å². The molecule has 2 aromatic rings. The van der Waals surface area contributed by atoms with Crippen LogP contribution in [0, 0.1) is 5.92 Å². The molecule has 0 bridgehead atoms. The van der Waals surface area contributed by atoms with Crippen molar-refractivity contribution in [2.24, 2.45) is 5.92 Å². The standard InChI is InChI=1S/C24H28N2O/c1-6-22(18-12-13-21-19(14-18)15-25-24(21)27)26(20-10-8-7-9-11-20)23(16(2)3)17(4)5/h6-14,16H,15H2,1-5H3,(H,25,27)/b22-6-. The van der Waals surface area contributed by atoms with Gasteiger partial charge in [0.1, 0.15) is 0 Å². The van der Waals surface area contributed by atoms with Crippen molar-refractivity contribution < 1.29 is 4.79 Å². The number of nitrogens with zero attached hydrogens (tertiary/aromatic N) is 1. The summed E-state index contributed by atoms with van der Waals surface area (Å²) < 4.78 is 0. The van der Waals surface area contributed by atoms with Crippen LogP contribution in [0.1, 0.15) is 56.1 Å². The van der Waals surface area contributed by atoms with Crippen LogP contribution in [-0.2, 0) is 6.54 Å². The number of hydrogen-bond acceptors (Lipinski definition) is 2. The molecule has 140 valence electrons. The monoisotopic (exact) mass is 360 g/mol. The van der Waals surface area contributed by atoms with Crippen LogP contribution in [0.2, 0.25) is 0 Å². The van der Waals surface area contributed by atoms with Crippen molar-refractivity contribution in [1.82, 2.24) is 5.32 Å². The van der Waals surface area contributed by atoms with E-state index < -0.39 is 0 Å². The molecule has 1 amide bonds. The SMILES string of the molecule is C/C=C(/c1ccc2c(c1)CNC2=O)N(C(=C(C)C)C(C)C)c1ccccc1. The Morgan fingerprint density at radius 1 is 1.11 bits per heavy atom. The quantitative estimate of drug-likeness (QED) is 0.736. The molecule has 1 aliphatic rings. The van der Waals surface area contributed by atoms with Crippen LogP contribution in [0.5, 0.6) is 0 Å². The van der Waals surface area contributed by atoms with Gasteiger partial charge >= 0.3 is 0 Å². The fourth-order valence-electron chi connectivity index (χ4n) is 3.86. The van der Waals surface area contributed by atoms with Gasteiger partial charge in [0.2, 0.25) is 0 Å². The summed E-state index contributed by atoms with van der Waals surface area (Å²) in [7, 11) is 0. The van der Waals surface area contributed by atoms with Crippen molar-refractivity contribution in [3.63, 3.8) is 0 Å². The first kappa shape index (κ1) is 19.0. The van der Waals surface area contributed by atoms with E-state index in [4.69, 9.17) is 0 Å². The van der Waals surface area contributed by atoms with Crippen LogP contribution in [0.25, 0.3) is 5.70 Å². The summed E-state index contributed by atoms with van der Waals surface area (Å²) in [5.74, 6) is 0.397. The van der Waals surface area contributed by atoms with Crippen molar-refractivity contribution >= 4 is 17.3 Å². The molecule has 3 heteroatoms. The lowest BCUT2D eigenvalue weighted by atomic mass is 9.98. The van der Waals surface area contributed by atoms with Crippen LogP contribution in [0.3, 0.4) is 0 Å². The molecule has 0 aromatic heterocycles. The molecule has 27 heavy (non-hydrogen) atoms. The Labute approximate surface area is 162 Å². The molecule has 3 rings (SSSR count). The van der Waals surface area contributed by atoms with Crippen LogP contribution in [0.4, 0.5) is 5.69 Å². The third kappa shape index (κ3) is 3.68. The summed E-state index contributed by atoms with van der Waals surface area (Å²) in [6, 6.07) is 16.6. The molecule has 1 heterocycles. The third-order valence-corrected chi connectivity index (χ3v) is 4.91. The van der Waals surface area contributed by atoms with Crippen LogP contribution in [-0.4, -0.2) is 5.91 Å². The largest absolute Gasteiger partial charge is 0.348 e. The molecule has 0 aliphatic carbocycles. The van der Waals surface area contributed by atoms with E-state index in [0.717, 1.165) is 28.1 Å². The summed E-state index contributed by atoms with van der Waals surface area (Å²) in [4.78, 5) is 14.3. The second-order valence-corrected chi connectivity index (χ2v) is 7.44. The lowest BCUT2D eigenvalue weighted by molar-refractivity contribution is 0.0966. The van der Waals surface area contributed by atoms with Crippen molar-refractivity contribution in [3.05, 3.63) is 82.6 Å². The predicted molar refractivity (Wildman–Crippen MR) is 113 cm³/mol. The van der Waals surface area contributed by atoms with E-state index in [9.17, 15) is 4.79 Å². The summed E-state index contributed by atoms with van der Waals surface area (Å²) in [5, 5.41) is 2.91. The van der Waals surface area contributed by atoms with Gasteiger partial charge in [-0.1, -0.05) is 49.8 Å². The van der Waals surface area contributed by atoms with E-state index >= 15 is 0 Å². The molecule has 0 spiro atoms. The maximum atomic E-state index is 11.9. The van der Waals surface area contributed by atoms with Crippen LogP contribution in [0.15, 0.2) is 65.9 Å². The Kier molecular flexibility index (Phi) is 5.50. The number of carbonyl (C=O) groups excluding carboxylic acids is 1. The van der Waals surface area contributed by atoms with Gasteiger partial charge in [-0.3, -0.25) is 4.79 Å². The van der Waals surface area contributed by atoms with Gasteiger partial charge in [-0.15, -0.1) is 0 Å². The first-order valence-corrected chi connectivity index (χ1v) is 9.54. The number of allylic oxidation sites excluding steroid dienone is 3. The van der Waals surface area contributed by atoms with E-state index in [1.165, 1.54) is 11.3 Å². The number of benzene rings is 2. The summed E-state index contributed by atoms with van der Waals surface area (Å²) >= 11 is 0. The number of carbonyl (C=O) groups is 1. The van der Waals surface area contributed by atoms with E-state index in [-0.39, 0.29) is 5.91 Å². The molecule has 0 saturated heterocycles. The minimum absolute atomic E-state index is 0.0191. The number of para-hydroxylation sites is 1. The molecule has 2 aromatic carbocycles. The Balaban J connectivity index is 2.16. The molecule has 1 aliphatic heterocycles. The van der Waals surface area contributed by atoms with Crippen LogP contribution < -0.4 is 10.2 Å². The summed E-state index contributed by atoms with van der Waals surface area (Å²) in [6.45, 7) is 11.5. The van der Waals surface area contributed by atoms with E-state index in [1.807, 2.05) is 12.1 Å². The van der Waals surface area contributed by atoms with Crippen molar-refractivity contribution in [1.29, 1.82) is 0 Å². The van der Waals surface area contributed by atoms with Gasteiger partial charge in [0.05, 0.1) is 0 Å². The molecule has 0 atom stereocenters. The second kappa shape index (κ2) is 7.83. The first-order chi connectivity index (χ1) is 12.9. The Morgan fingerprint density at radius 3 is 2.41 bits per heavy atom. The average molecular weight is 361 g/mol. The minimum atomic E-state index is 0.0191. The number of hydrogen-bond donors (Lipinski definition) is 1. The highest BCUT2D eigenvalue weighted by atomic mass is 16.1. The zero-order valence-electron chi connectivity index (χ0n) is 16.8. The van der Waals surface area contributed by atoms with Crippen molar-refractivity contribution in [2.75, 3.05) is 4.90 Å². The average Bonchev–Trinajstić information content (AvgIpc) is 3.02. The summed E-state index contributed by atoms with van der Waals surface area (Å²) in [5.41, 5.74) is 7.84. The maximum Gasteiger partial charge on any atom is 0.251 e. The highest BCUT2D eigenvalue weighted by molar-refractivity contribution is 5.99. The van der Waals surface area contributed by atoms with Gasteiger partial charge in [-0.2, -0.15) is 0 Å². The predicted octanol–water partition coefficient (Wildman–Crippen LogP) is 5.75. The molecular weight excluding hydrogens is 332 g/mol. The lowest BCUT2D eigenvalue weighted by Crippen LogP contribution is -2.25. The maximum absolute atomic E-state index is 11.9. The van der Waals surface area contributed by atoms with Gasteiger partial charge in [0, 0.05) is 29.2 Å². The lowest BCUT2D eigenvalue weighted by Gasteiger charge is -2.34. The Morgan fingerprint density at radius 2 is 1.81 bits per heavy atom. The number of rotatable bonds is 5. The highest BCUT2D eigenvalue weighted by Crippen LogP contribution is 2.35. The Bertz CT molecular complexity index is 903. The number of anilines is 1. The fraction of sp³-hybridized carbons (Fsp3) is 0.292. The topological polar surface area (TPSA) is 32.3 Å². The molecule has 1 N–H and O–H groups in total. The normalized spacial score (nSPS) is 13.4. The van der Waals surface area contributed by atoms with E-state index in [2.05, 4.69) is 87.3 Å². The van der Waals surface area contributed by atoms with E-state index in [1.54, 1.807) is 0 Å². The number of amides is 1. The Hall–Kier alpha value is -2.81. The van der Waals surface area contributed by atoms with Crippen LogP contribution >= 0.6 is 0 Å². The second-order valence-electron chi connectivity index (χ2n) is 7.44. The number of nitrogens with one attached hydrogen (secondary N) is 1. The van der Waals surface area contributed by atoms with Crippen molar-refractivity contribution in [2.45, 2.75) is 41.2 Å². The van der Waals surface area contributed by atoms with Gasteiger partial charge in [-0.25, -0.2) is 0 Å². The molecule has 3 nitrogen and oxygen atoms in total. The smallest absolute Gasteiger partial charge is 0.251 e. The summed E-state index contributed by atoms with van der Waals surface area (Å²) in [6.07, 6.45) is 2.16. The highest BCUT2D eigenvalue weighted by Gasteiger charge is 2.24. The van der Waals surface area contributed by atoms with Crippen molar-refractivity contribution in [3.8, 4) is 0 Å². The molecule has 0 radical (unpaired) electrons. The first-order valence-electron chi connectivity index (χ1n) is 9.54. The number of fused-ring (bicyclic) bond motifs is 1. The van der Waals surface area contributed by atoms with Gasteiger partial charge in [0.15, 0.2) is 0 Å². The molecule has 0 unspecified atom stereocenters. The molecule has 0 saturated carbocycles. The molecular formula is C24H28N2O. The molecule has 0 fully saturated rings.